The molecule has 2 amide bonds. The molecule has 5 nitrogen and oxygen atoms in total. The summed E-state index contributed by atoms with van der Waals surface area (Å²) in [6, 6.07) is 3.48. The number of urea groups is 1. The molecule has 0 aliphatic carbocycles. The predicted molar refractivity (Wildman–Crippen MR) is 68.3 cm³/mol. The third-order valence-electron chi connectivity index (χ3n) is 2.47. The zero-order valence-corrected chi connectivity index (χ0v) is 10.8. The van der Waals surface area contributed by atoms with Gasteiger partial charge in [-0.3, -0.25) is 0 Å². The molecule has 112 valence electrons. The van der Waals surface area contributed by atoms with Crippen molar-refractivity contribution in [1.29, 1.82) is 0 Å². The highest BCUT2D eigenvalue weighted by atomic mass is 19.4. The van der Waals surface area contributed by atoms with E-state index in [2.05, 4.69) is 10.6 Å². The Balaban J connectivity index is 2.76. The summed E-state index contributed by atoms with van der Waals surface area (Å²) in [7, 11) is 1.43. The first kappa shape index (κ1) is 16.3. The highest BCUT2D eigenvalue weighted by Gasteiger charge is 2.33. The molecule has 0 aliphatic heterocycles. The van der Waals surface area contributed by atoms with Crippen LogP contribution in [0.4, 0.5) is 23.7 Å². The second-order valence-electron chi connectivity index (χ2n) is 4.03. The van der Waals surface area contributed by atoms with Crippen LogP contribution in [0.1, 0.15) is 5.56 Å². The first-order chi connectivity index (χ1) is 9.38. The maximum Gasteiger partial charge on any atom is 0.418 e. The van der Waals surface area contributed by atoms with E-state index in [0.717, 1.165) is 6.07 Å². The first-order valence-corrected chi connectivity index (χ1v) is 5.81. The largest absolute Gasteiger partial charge is 0.418 e. The monoisotopic (exact) mass is 291 g/mol. The van der Waals surface area contributed by atoms with E-state index in [1.165, 1.54) is 25.3 Å². The van der Waals surface area contributed by atoms with E-state index in [4.69, 9.17) is 10.5 Å². The highest BCUT2D eigenvalue weighted by Crippen LogP contribution is 2.34. The van der Waals surface area contributed by atoms with Gasteiger partial charge in [0.2, 0.25) is 0 Å². The summed E-state index contributed by atoms with van der Waals surface area (Å²) >= 11 is 0. The minimum atomic E-state index is -4.54. The van der Waals surface area contributed by atoms with E-state index < -0.39 is 23.8 Å². The van der Waals surface area contributed by atoms with Crippen molar-refractivity contribution in [1.82, 2.24) is 5.32 Å². The average Bonchev–Trinajstić information content (AvgIpc) is 2.37. The summed E-state index contributed by atoms with van der Waals surface area (Å²) < 4.78 is 43.0. The minimum Gasteiger partial charge on any atom is -0.383 e. The van der Waals surface area contributed by atoms with Crippen molar-refractivity contribution >= 4 is 11.7 Å². The smallest absolute Gasteiger partial charge is 0.383 e. The molecule has 1 unspecified atom stereocenters. The molecule has 4 N–H and O–H groups in total. The molecule has 0 saturated carbocycles. The number of alkyl halides is 3. The van der Waals surface area contributed by atoms with Crippen LogP contribution in [0.15, 0.2) is 24.3 Å². The summed E-state index contributed by atoms with van der Waals surface area (Å²) in [6.07, 6.45) is -4.54. The van der Waals surface area contributed by atoms with Crippen molar-refractivity contribution in [2.24, 2.45) is 5.73 Å². The number of ether oxygens (including phenoxy) is 1. The van der Waals surface area contributed by atoms with E-state index in [1.54, 1.807) is 0 Å². The molecule has 0 bridgehead atoms. The van der Waals surface area contributed by atoms with Crippen LogP contribution in [0.2, 0.25) is 0 Å². The molecule has 20 heavy (non-hydrogen) atoms. The number of nitrogens with one attached hydrogen (secondary N) is 2. The van der Waals surface area contributed by atoms with Gasteiger partial charge in [-0.1, -0.05) is 12.1 Å². The molecule has 0 fully saturated rings. The van der Waals surface area contributed by atoms with Gasteiger partial charge >= 0.3 is 12.2 Å². The lowest BCUT2D eigenvalue weighted by molar-refractivity contribution is -0.136. The Morgan fingerprint density at radius 3 is 2.60 bits per heavy atom. The number of carbonyl (C=O) groups excluding carboxylic acids is 1. The van der Waals surface area contributed by atoms with E-state index >= 15 is 0 Å². The second-order valence-corrected chi connectivity index (χ2v) is 4.03. The number of para-hydroxylation sites is 1. The topological polar surface area (TPSA) is 76.4 Å². The van der Waals surface area contributed by atoms with Gasteiger partial charge in [0, 0.05) is 13.7 Å². The third kappa shape index (κ3) is 4.71. The van der Waals surface area contributed by atoms with Gasteiger partial charge in [0.05, 0.1) is 23.9 Å². The molecule has 1 aromatic carbocycles. The molecule has 0 saturated heterocycles. The van der Waals surface area contributed by atoms with Gasteiger partial charge in [-0.25, -0.2) is 4.79 Å². The summed E-state index contributed by atoms with van der Waals surface area (Å²) in [5, 5.41) is 4.59. The van der Waals surface area contributed by atoms with Crippen LogP contribution >= 0.6 is 0 Å². The first-order valence-electron chi connectivity index (χ1n) is 5.81. The van der Waals surface area contributed by atoms with Crippen molar-refractivity contribution in [3.8, 4) is 0 Å². The number of carbonyl (C=O) groups is 1. The van der Waals surface area contributed by atoms with Crippen LogP contribution in [0, 0.1) is 0 Å². The Morgan fingerprint density at radius 2 is 2.05 bits per heavy atom. The lowest BCUT2D eigenvalue weighted by Gasteiger charge is -2.18. The lowest BCUT2D eigenvalue weighted by Crippen LogP contribution is -2.45. The van der Waals surface area contributed by atoms with Crippen molar-refractivity contribution in [3.63, 3.8) is 0 Å². The van der Waals surface area contributed by atoms with Crippen LogP contribution in [0.25, 0.3) is 0 Å². The SMILES string of the molecule is COCC(CN)NC(=O)Nc1ccccc1C(F)(F)F. The fraction of sp³-hybridized carbons (Fsp3) is 0.417. The van der Waals surface area contributed by atoms with E-state index in [-0.39, 0.29) is 18.8 Å². The lowest BCUT2D eigenvalue weighted by atomic mass is 10.1. The van der Waals surface area contributed by atoms with E-state index in [0.29, 0.717) is 0 Å². The zero-order valence-electron chi connectivity index (χ0n) is 10.8. The summed E-state index contributed by atoms with van der Waals surface area (Å²) in [5.41, 5.74) is 4.17. The molecule has 8 heteroatoms. The van der Waals surface area contributed by atoms with Crippen molar-refractivity contribution in [2.45, 2.75) is 12.2 Å². The Morgan fingerprint density at radius 1 is 1.40 bits per heavy atom. The zero-order chi connectivity index (χ0) is 15.2. The molecule has 1 aromatic rings. The molecule has 0 aromatic heterocycles. The van der Waals surface area contributed by atoms with Crippen LogP contribution in [0.5, 0.6) is 0 Å². The van der Waals surface area contributed by atoms with Gasteiger partial charge < -0.3 is 21.1 Å². The van der Waals surface area contributed by atoms with Crippen LogP contribution in [-0.4, -0.2) is 32.3 Å². The molecule has 1 atom stereocenters. The molecule has 0 spiro atoms. The Hall–Kier alpha value is -1.80. The van der Waals surface area contributed by atoms with Gasteiger partial charge in [0.25, 0.3) is 0 Å². The fourth-order valence-electron chi connectivity index (χ4n) is 1.55. The second kappa shape index (κ2) is 7.11. The average molecular weight is 291 g/mol. The van der Waals surface area contributed by atoms with Crippen molar-refractivity contribution in [2.75, 3.05) is 25.6 Å². The van der Waals surface area contributed by atoms with Crippen molar-refractivity contribution in [3.05, 3.63) is 29.8 Å². The number of hydrogen-bond donors (Lipinski definition) is 3. The number of anilines is 1. The summed E-state index contributed by atoms with van der Waals surface area (Å²) in [4.78, 5) is 11.6. The minimum absolute atomic E-state index is 0.113. The van der Waals surface area contributed by atoms with Crippen LogP contribution in [0.3, 0.4) is 0 Å². The number of halogens is 3. The Bertz CT molecular complexity index is 452. The predicted octanol–water partition coefficient (Wildman–Crippen LogP) is 1.80. The van der Waals surface area contributed by atoms with Gasteiger partial charge in [-0.05, 0) is 12.1 Å². The number of rotatable bonds is 5. The quantitative estimate of drug-likeness (QED) is 0.774. The third-order valence-corrected chi connectivity index (χ3v) is 2.47. The molecule has 0 heterocycles. The number of amides is 2. The molecular formula is C12H16F3N3O2. The van der Waals surface area contributed by atoms with Crippen LogP contribution < -0.4 is 16.4 Å². The normalized spacial score (nSPS) is 12.8. The number of nitrogens with two attached hydrogens (primary N) is 1. The molecule has 1 rings (SSSR count). The number of methoxy groups -OCH3 is 1. The van der Waals surface area contributed by atoms with Gasteiger partial charge in [-0.15, -0.1) is 0 Å². The highest BCUT2D eigenvalue weighted by molar-refractivity contribution is 5.90. The molecular weight excluding hydrogens is 275 g/mol. The fourth-order valence-corrected chi connectivity index (χ4v) is 1.55. The van der Waals surface area contributed by atoms with E-state index in [1.807, 2.05) is 0 Å². The van der Waals surface area contributed by atoms with Gasteiger partial charge in [-0.2, -0.15) is 13.2 Å². The summed E-state index contributed by atoms with van der Waals surface area (Å²) in [5.74, 6) is 0. The number of hydrogen-bond acceptors (Lipinski definition) is 3. The maximum absolute atomic E-state index is 12.7. The van der Waals surface area contributed by atoms with Gasteiger partial charge in [0.15, 0.2) is 0 Å². The maximum atomic E-state index is 12.7. The number of benzene rings is 1. The summed E-state index contributed by atoms with van der Waals surface area (Å²) in [6.45, 7) is 0.285. The van der Waals surface area contributed by atoms with Crippen molar-refractivity contribution < 1.29 is 22.7 Å². The Labute approximate surface area is 114 Å². The Kier molecular flexibility index (Phi) is 5.78. The van der Waals surface area contributed by atoms with E-state index in [9.17, 15) is 18.0 Å². The van der Waals surface area contributed by atoms with Gasteiger partial charge in [0.1, 0.15) is 0 Å². The molecule has 0 aliphatic rings. The van der Waals surface area contributed by atoms with Crippen LogP contribution in [-0.2, 0) is 10.9 Å². The molecule has 0 radical (unpaired) electrons. The standard InChI is InChI=1S/C12H16F3N3O2/c1-20-7-8(6-16)17-11(19)18-10-5-3-2-4-9(10)12(13,14)15/h2-5,8H,6-7,16H2,1H3,(H2,17,18,19).